The molecule has 0 N–H and O–H groups in total. The Morgan fingerprint density at radius 3 is 1.60 bits per heavy atom. The van der Waals surface area contributed by atoms with Crippen molar-refractivity contribution in [2.75, 3.05) is 0 Å². The quantitative estimate of drug-likeness (QED) is 0.169. The third-order valence-corrected chi connectivity index (χ3v) is 32.8. The molecule has 200 valence electrons. The van der Waals surface area contributed by atoms with E-state index in [1.807, 2.05) is 0 Å². The largest absolute Gasteiger partial charge is 0.147 e. The summed E-state index contributed by atoms with van der Waals surface area (Å²) in [4.78, 5) is 0. The van der Waals surface area contributed by atoms with Crippen LogP contribution in [0.25, 0.3) is 28.3 Å². The number of hydrogen-bond acceptors (Lipinski definition) is 0. The van der Waals surface area contributed by atoms with Crippen molar-refractivity contribution in [2.45, 2.75) is 18.8 Å². The Balaban J connectivity index is 0.00000161. The Hall–Kier alpha value is -2.48. The van der Waals surface area contributed by atoms with E-state index in [0.29, 0.717) is 7.25 Å². The van der Waals surface area contributed by atoms with Gasteiger partial charge in [0.25, 0.3) is 0 Å². The first-order valence-corrected chi connectivity index (χ1v) is 26.1. The van der Waals surface area contributed by atoms with Crippen molar-refractivity contribution in [1.29, 1.82) is 0 Å². The molecule has 0 saturated heterocycles. The zero-order valence-corrected chi connectivity index (χ0v) is 28.4. The molecule has 5 aromatic rings. The number of fused-ring (bicyclic) bond motifs is 4. The summed E-state index contributed by atoms with van der Waals surface area (Å²) >= 11 is -4.04. The molecule has 0 bridgehead atoms. The van der Waals surface area contributed by atoms with E-state index in [1.54, 1.807) is 3.27 Å². The molecule has 5 aromatic carbocycles. The van der Waals surface area contributed by atoms with Crippen molar-refractivity contribution >= 4 is 41.0 Å². The van der Waals surface area contributed by atoms with Crippen LogP contribution in [-0.4, -0.2) is 6.88 Å². The number of halogens is 2. The second-order valence-corrected chi connectivity index (χ2v) is 38.0. The van der Waals surface area contributed by atoms with Crippen LogP contribution in [-0.2, 0) is 17.4 Å². The van der Waals surface area contributed by atoms with Gasteiger partial charge in [0.2, 0.25) is 0 Å². The monoisotopic (exact) mass is 654 g/mol. The van der Waals surface area contributed by atoms with E-state index in [0.717, 1.165) is 0 Å². The van der Waals surface area contributed by atoms with Crippen LogP contribution in [0.1, 0.15) is 36.4 Å². The Morgan fingerprint density at radius 2 is 1.00 bits per heavy atom. The normalized spacial score (nSPS) is 15.7. The molecule has 0 spiro atoms. The first-order chi connectivity index (χ1) is 18.5. The van der Waals surface area contributed by atoms with Gasteiger partial charge in [-0.2, -0.15) is 0 Å². The molecule has 40 heavy (non-hydrogen) atoms. The van der Waals surface area contributed by atoms with Crippen LogP contribution in [0, 0.1) is 0 Å². The van der Waals surface area contributed by atoms with Gasteiger partial charge in [-0.25, -0.2) is 0 Å². The average Bonchev–Trinajstić information content (AvgIpc) is 3.49. The zero-order valence-electron chi connectivity index (χ0n) is 22.9. The third kappa shape index (κ3) is 4.11. The molecular weight excluding hydrogens is 623 g/mol. The van der Waals surface area contributed by atoms with E-state index in [4.69, 9.17) is 0 Å². The van der Waals surface area contributed by atoms with Crippen LogP contribution >= 0.6 is 24.8 Å². The summed E-state index contributed by atoms with van der Waals surface area (Å²) in [5.74, 6) is 0. The van der Waals surface area contributed by atoms with Crippen LogP contribution in [0.2, 0.25) is 4.63 Å². The second-order valence-electron chi connectivity index (χ2n) is 11.7. The molecule has 0 amide bonds. The third-order valence-electron chi connectivity index (χ3n) is 9.40. The maximum absolute atomic E-state index is 4.04. The van der Waals surface area contributed by atoms with Gasteiger partial charge in [-0.3, -0.25) is 0 Å². The fourth-order valence-electron chi connectivity index (χ4n) is 7.93. The van der Waals surface area contributed by atoms with Crippen LogP contribution in [0.15, 0.2) is 133 Å². The van der Waals surface area contributed by atoms with Crippen molar-refractivity contribution in [1.82, 2.24) is 0 Å². The molecule has 0 aliphatic heterocycles. The van der Waals surface area contributed by atoms with Gasteiger partial charge in [0.1, 0.15) is 0 Å². The number of hydrogen-bond donors (Lipinski definition) is 0. The Morgan fingerprint density at radius 1 is 0.525 bits per heavy atom. The Bertz CT molecular complexity index is 1760. The predicted octanol–water partition coefficient (Wildman–Crippen LogP) is 9.04. The van der Waals surface area contributed by atoms with Gasteiger partial charge in [-0.1, -0.05) is 0 Å². The summed E-state index contributed by atoms with van der Waals surface area (Å²) < 4.78 is 5.20. The molecule has 2 aliphatic rings. The molecule has 0 radical (unpaired) electrons. The van der Waals surface area contributed by atoms with Crippen molar-refractivity contribution in [3.63, 3.8) is 0 Å². The van der Waals surface area contributed by atoms with Crippen LogP contribution < -0.4 is 3.27 Å². The number of rotatable bonds is 4. The maximum atomic E-state index is 2.75. The summed E-state index contributed by atoms with van der Waals surface area (Å²) in [6, 6.07) is 48.0. The predicted molar refractivity (Wildman–Crippen MR) is 177 cm³/mol. The summed E-state index contributed by atoms with van der Waals surface area (Å²) in [5, 5.41) is 0. The SMILES string of the molecule is CC1=Cc2c(-c3ccccc3)cccc2[CH]1[Zr]([CH3])(=[SiH2])([c]1ccccc1)[CH]1c2ccccc2-c2ccccc21.Cl.Cl. The van der Waals surface area contributed by atoms with Crippen LogP contribution in [0.5, 0.6) is 0 Å². The van der Waals surface area contributed by atoms with Gasteiger partial charge in [0, 0.05) is 0 Å². The van der Waals surface area contributed by atoms with E-state index in [2.05, 4.69) is 152 Å². The molecule has 0 fully saturated rings. The van der Waals surface area contributed by atoms with Crippen molar-refractivity contribution in [3.8, 4) is 22.3 Å². The standard InChI is InChI=1S/C16H13.C13H9.C6H5.CH3.2ClH.H2Si.Zr/c1-12-10-14-8-5-9-15(16(14)11-12)13-6-3-2-4-7-13;1-3-7-12-10(5-1)9-11-6-2-4-8-13(11)12;1-2-4-6-5-3-1;;;;;/h2-11H,1H3;1-9H;1-5H;1H3;2*1H;1H2;. The summed E-state index contributed by atoms with van der Waals surface area (Å²) in [7, 11) is 0. The minimum atomic E-state index is -4.04. The smallest absolute Gasteiger partial charge is 0.147 e. The van der Waals surface area contributed by atoms with Crippen LogP contribution in [0.3, 0.4) is 0 Å². The average molecular weight is 657 g/mol. The van der Waals surface area contributed by atoms with E-state index in [-0.39, 0.29) is 24.8 Å². The molecule has 7 rings (SSSR count). The Kier molecular flexibility index (Phi) is 7.79. The fourth-order valence-corrected chi connectivity index (χ4v) is 32.0. The van der Waals surface area contributed by atoms with E-state index in [9.17, 15) is 0 Å². The van der Waals surface area contributed by atoms with Crippen LogP contribution in [0.4, 0.5) is 0 Å². The molecular formula is C36H34Cl2SiZr. The summed E-state index contributed by atoms with van der Waals surface area (Å²) in [6.07, 6.45) is 2.52. The molecule has 0 heterocycles. The second kappa shape index (κ2) is 10.7. The minimum absolute atomic E-state index is 0. The van der Waals surface area contributed by atoms with Gasteiger partial charge in [-0.05, 0) is 0 Å². The number of benzene rings is 5. The van der Waals surface area contributed by atoms with E-state index in [1.165, 1.54) is 50.1 Å². The van der Waals surface area contributed by atoms with E-state index >= 15 is 0 Å². The number of allylic oxidation sites excluding steroid dienone is 1. The molecule has 1 unspecified atom stereocenters. The molecule has 0 nitrogen and oxygen atoms in total. The minimum Gasteiger partial charge on any atom is -0.147 e. The fraction of sp³-hybridized carbons (Fsp3) is 0.111. The van der Waals surface area contributed by atoms with Gasteiger partial charge in [-0.15, -0.1) is 24.8 Å². The Labute approximate surface area is 252 Å². The zero-order chi connectivity index (χ0) is 25.9. The van der Waals surface area contributed by atoms with Crippen molar-refractivity contribution in [2.24, 2.45) is 0 Å². The van der Waals surface area contributed by atoms with Crippen molar-refractivity contribution in [3.05, 3.63) is 155 Å². The maximum Gasteiger partial charge on any atom is -0.147 e. The van der Waals surface area contributed by atoms with Gasteiger partial charge in [0.05, 0.1) is 0 Å². The molecule has 2 aliphatic carbocycles. The molecule has 1 atom stereocenters. The van der Waals surface area contributed by atoms with Gasteiger partial charge >= 0.3 is 230 Å². The summed E-state index contributed by atoms with van der Waals surface area (Å²) in [5.41, 5.74) is 13.0. The van der Waals surface area contributed by atoms with E-state index < -0.39 is 17.4 Å². The molecule has 4 heteroatoms. The van der Waals surface area contributed by atoms with Crippen molar-refractivity contribution < 1.29 is 17.4 Å². The van der Waals surface area contributed by atoms with Gasteiger partial charge < -0.3 is 0 Å². The molecule has 0 aromatic heterocycles. The first-order valence-electron chi connectivity index (χ1n) is 13.6. The topological polar surface area (TPSA) is 0 Å². The van der Waals surface area contributed by atoms with Gasteiger partial charge in [0.15, 0.2) is 0 Å². The molecule has 0 saturated carbocycles. The first kappa shape index (κ1) is 29.0. The summed E-state index contributed by atoms with van der Waals surface area (Å²) in [6.45, 7) is 4.83.